The van der Waals surface area contributed by atoms with E-state index in [1.807, 2.05) is 31.2 Å². The normalized spacial score (nSPS) is 10.7. The number of ether oxygens (including phenoxy) is 2. The first-order valence-electron chi connectivity index (χ1n) is 8.91. The summed E-state index contributed by atoms with van der Waals surface area (Å²) in [5.41, 5.74) is 2.21. The molecule has 1 aromatic carbocycles. The smallest absolute Gasteiger partial charge is 0.191 e. The number of aromatic nitrogens is 1. The van der Waals surface area contributed by atoms with E-state index in [0.717, 1.165) is 42.5 Å². The van der Waals surface area contributed by atoms with Gasteiger partial charge < -0.3 is 20.1 Å². The van der Waals surface area contributed by atoms with Crippen molar-refractivity contribution in [1.29, 1.82) is 0 Å². The molecule has 0 spiro atoms. The summed E-state index contributed by atoms with van der Waals surface area (Å²) < 4.78 is 11.0. The van der Waals surface area contributed by atoms with Crippen LogP contribution in [-0.4, -0.2) is 38.3 Å². The average Bonchev–Trinajstić information content (AvgIpc) is 2.68. The van der Waals surface area contributed by atoms with Gasteiger partial charge in [-0.3, -0.25) is 9.98 Å². The molecule has 0 amide bonds. The minimum absolute atomic E-state index is 0. The van der Waals surface area contributed by atoms with Gasteiger partial charge in [-0.05, 0) is 49.6 Å². The maximum atomic E-state index is 5.63. The zero-order chi connectivity index (χ0) is 18.6. The Labute approximate surface area is 178 Å². The summed E-state index contributed by atoms with van der Waals surface area (Å²) in [5, 5.41) is 6.59. The molecule has 2 N–H and O–H groups in total. The van der Waals surface area contributed by atoms with E-state index in [2.05, 4.69) is 32.7 Å². The van der Waals surface area contributed by atoms with Crippen molar-refractivity contribution in [2.45, 2.75) is 26.3 Å². The average molecular weight is 484 g/mol. The zero-order valence-corrected chi connectivity index (χ0v) is 18.5. The van der Waals surface area contributed by atoms with Crippen LogP contribution in [-0.2, 0) is 13.0 Å². The summed E-state index contributed by atoms with van der Waals surface area (Å²) in [6, 6.07) is 12.0. The lowest BCUT2D eigenvalue weighted by Crippen LogP contribution is -2.37. The van der Waals surface area contributed by atoms with E-state index in [-0.39, 0.29) is 24.0 Å². The van der Waals surface area contributed by atoms with E-state index in [1.165, 1.54) is 5.56 Å². The van der Waals surface area contributed by atoms with E-state index in [1.54, 1.807) is 20.4 Å². The third kappa shape index (κ3) is 8.03. The summed E-state index contributed by atoms with van der Waals surface area (Å²) in [6.45, 7) is 4.08. The van der Waals surface area contributed by atoms with Gasteiger partial charge in [-0.25, -0.2) is 0 Å². The highest BCUT2D eigenvalue weighted by Crippen LogP contribution is 2.28. The van der Waals surface area contributed by atoms with Gasteiger partial charge in [0.1, 0.15) is 0 Å². The van der Waals surface area contributed by atoms with Crippen molar-refractivity contribution in [2.75, 3.05) is 27.3 Å². The van der Waals surface area contributed by atoms with Crippen LogP contribution in [0, 0.1) is 0 Å². The molecule has 7 heteroatoms. The summed E-state index contributed by atoms with van der Waals surface area (Å²) >= 11 is 0. The van der Waals surface area contributed by atoms with Crippen molar-refractivity contribution in [1.82, 2.24) is 15.6 Å². The van der Waals surface area contributed by atoms with Crippen LogP contribution < -0.4 is 20.1 Å². The van der Waals surface area contributed by atoms with Gasteiger partial charge in [0.15, 0.2) is 17.5 Å². The molecular formula is C20H29IN4O2. The molecule has 0 saturated heterocycles. The SMILES string of the molecule is CCOc1cc(CCCNC(=NC)NCc2ccccn2)ccc1OC.I. The number of halogens is 1. The minimum atomic E-state index is 0. The molecular weight excluding hydrogens is 455 g/mol. The van der Waals surface area contributed by atoms with Crippen molar-refractivity contribution < 1.29 is 9.47 Å². The predicted molar refractivity (Wildman–Crippen MR) is 120 cm³/mol. The molecule has 148 valence electrons. The molecule has 0 aliphatic heterocycles. The second-order valence-corrected chi connectivity index (χ2v) is 5.70. The second kappa shape index (κ2) is 13.2. The van der Waals surface area contributed by atoms with E-state index < -0.39 is 0 Å². The summed E-state index contributed by atoms with van der Waals surface area (Å²) in [4.78, 5) is 8.53. The van der Waals surface area contributed by atoms with Gasteiger partial charge in [0.25, 0.3) is 0 Å². The number of guanidine groups is 1. The number of methoxy groups -OCH3 is 1. The van der Waals surface area contributed by atoms with Gasteiger partial charge in [-0.15, -0.1) is 24.0 Å². The van der Waals surface area contributed by atoms with Crippen molar-refractivity contribution in [3.8, 4) is 11.5 Å². The van der Waals surface area contributed by atoms with Crippen molar-refractivity contribution >= 4 is 29.9 Å². The van der Waals surface area contributed by atoms with Crippen LogP contribution in [0.2, 0.25) is 0 Å². The maximum absolute atomic E-state index is 5.63. The fraction of sp³-hybridized carbons (Fsp3) is 0.400. The molecule has 0 aliphatic carbocycles. The van der Waals surface area contributed by atoms with Crippen LogP contribution in [0.15, 0.2) is 47.6 Å². The van der Waals surface area contributed by atoms with E-state index in [9.17, 15) is 0 Å². The molecule has 0 bridgehead atoms. The van der Waals surface area contributed by atoms with E-state index in [4.69, 9.17) is 9.47 Å². The number of benzene rings is 1. The van der Waals surface area contributed by atoms with Gasteiger partial charge in [0.05, 0.1) is 26.0 Å². The summed E-state index contributed by atoms with van der Waals surface area (Å²) in [5.74, 6) is 2.35. The molecule has 27 heavy (non-hydrogen) atoms. The fourth-order valence-corrected chi connectivity index (χ4v) is 2.54. The van der Waals surface area contributed by atoms with Gasteiger partial charge in [-0.1, -0.05) is 12.1 Å². The summed E-state index contributed by atoms with van der Waals surface area (Å²) in [7, 11) is 3.43. The van der Waals surface area contributed by atoms with Gasteiger partial charge in [-0.2, -0.15) is 0 Å². The third-order valence-corrected chi connectivity index (χ3v) is 3.85. The Hall–Kier alpha value is -2.03. The molecule has 0 aliphatic rings. The van der Waals surface area contributed by atoms with Crippen LogP contribution in [0.3, 0.4) is 0 Å². The lowest BCUT2D eigenvalue weighted by Gasteiger charge is -2.13. The Bertz CT molecular complexity index is 696. The minimum Gasteiger partial charge on any atom is -0.493 e. The fourth-order valence-electron chi connectivity index (χ4n) is 2.54. The Kier molecular flexibility index (Phi) is 11.2. The van der Waals surface area contributed by atoms with Crippen LogP contribution in [0.25, 0.3) is 0 Å². The largest absolute Gasteiger partial charge is 0.493 e. The molecule has 2 rings (SSSR count). The number of aliphatic imine (C=N–C) groups is 1. The summed E-state index contributed by atoms with van der Waals surface area (Å²) in [6.07, 6.45) is 3.73. The van der Waals surface area contributed by atoms with Crippen molar-refractivity contribution in [2.24, 2.45) is 4.99 Å². The number of aryl methyl sites for hydroxylation is 1. The van der Waals surface area contributed by atoms with E-state index in [0.29, 0.717) is 13.2 Å². The topological polar surface area (TPSA) is 67.8 Å². The Morgan fingerprint density at radius 2 is 2.00 bits per heavy atom. The monoisotopic (exact) mass is 484 g/mol. The lowest BCUT2D eigenvalue weighted by molar-refractivity contribution is 0.310. The standard InChI is InChI=1S/C20H28N4O2.HI/c1-4-26-19-14-16(10-11-18(19)25-3)8-7-13-23-20(21-2)24-15-17-9-5-6-12-22-17;/h5-6,9-12,14H,4,7-8,13,15H2,1-3H3,(H2,21,23,24);1H. The molecule has 1 aromatic heterocycles. The second-order valence-electron chi connectivity index (χ2n) is 5.70. The molecule has 0 fully saturated rings. The number of nitrogens with one attached hydrogen (secondary N) is 2. The van der Waals surface area contributed by atoms with Crippen LogP contribution in [0.5, 0.6) is 11.5 Å². The highest BCUT2D eigenvalue weighted by Gasteiger charge is 2.05. The van der Waals surface area contributed by atoms with Gasteiger partial charge in [0.2, 0.25) is 0 Å². The Morgan fingerprint density at radius 1 is 1.15 bits per heavy atom. The predicted octanol–water partition coefficient (Wildman–Crippen LogP) is 3.40. The van der Waals surface area contributed by atoms with E-state index >= 15 is 0 Å². The molecule has 6 nitrogen and oxygen atoms in total. The quantitative estimate of drug-likeness (QED) is 0.247. The number of nitrogens with zero attached hydrogens (tertiary/aromatic N) is 2. The lowest BCUT2D eigenvalue weighted by atomic mass is 10.1. The molecule has 1 heterocycles. The van der Waals surface area contributed by atoms with Crippen molar-refractivity contribution in [3.05, 3.63) is 53.9 Å². The first-order chi connectivity index (χ1) is 12.8. The highest BCUT2D eigenvalue weighted by atomic mass is 127. The molecule has 0 radical (unpaired) electrons. The van der Waals surface area contributed by atoms with Crippen LogP contribution in [0.1, 0.15) is 24.6 Å². The number of pyridine rings is 1. The van der Waals surface area contributed by atoms with Crippen LogP contribution >= 0.6 is 24.0 Å². The maximum Gasteiger partial charge on any atom is 0.191 e. The number of hydrogen-bond donors (Lipinski definition) is 2. The molecule has 0 unspecified atom stereocenters. The first-order valence-corrected chi connectivity index (χ1v) is 8.91. The third-order valence-electron chi connectivity index (χ3n) is 3.85. The number of hydrogen-bond acceptors (Lipinski definition) is 4. The number of rotatable bonds is 9. The Morgan fingerprint density at radius 3 is 2.67 bits per heavy atom. The first kappa shape index (κ1) is 23.0. The van der Waals surface area contributed by atoms with Gasteiger partial charge >= 0.3 is 0 Å². The van der Waals surface area contributed by atoms with Gasteiger partial charge in [0, 0.05) is 19.8 Å². The molecule has 2 aromatic rings. The van der Waals surface area contributed by atoms with Crippen molar-refractivity contribution in [3.63, 3.8) is 0 Å². The molecule has 0 saturated carbocycles. The zero-order valence-electron chi connectivity index (χ0n) is 16.2. The van der Waals surface area contributed by atoms with Crippen LogP contribution in [0.4, 0.5) is 0 Å². The highest BCUT2D eigenvalue weighted by molar-refractivity contribution is 14.0. The molecule has 0 atom stereocenters. The Balaban J connectivity index is 0.00000364.